The highest BCUT2D eigenvalue weighted by Crippen LogP contribution is 2.35. The van der Waals surface area contributed by atoms with Gasteiger partial charge in [-0.2, -0.15) is 0 Å². The average Bonchev–Trinajstić information content (AvgIpc) is 2.77. The van der Waals surface area contributed by atoms with E-state index >= 15 is 0 Å². The number of nitrogens with two attached hydrogens (primary N) is 1. The number of hydrogen-bond acceptors (Lipinski definition) is 6. The van der Waals surface area contributed by atoms with Crippen molar-refractivity contribution >= 4 is 57.4 Å². The predicted molar refractivity (Wildman–Crippen MR) is 138 cm³/mol. The van der Waals surface area contributed by atoms with Crippen molar-refractivity contribution in [3.05, 3.63) is 63.8 Å². The van der Waals surface area contributed by atoms with Gasteiger partial charge in [-0.3, -0.25) is 14.7 Å². The zero-order valence-electron chi connectivity index (χ0n) is 19.6. The minimum atomic E-state index is -0.719. The van der Waals surface area contributed by atoms with Crippen LogP contribution in [0.1, 0.15) is 32.0 Å². The molecule has 9 heteroatoms. The number of Topliss-reactive ketones (excluding diaryl/α,β-unsaturated/α-hetero) is 1. The van der Waals surface area contributed by atoms with Crippen LogP contribution in [0.2, 0.25) is 10.0 Å². The van der Waals surface area contributed by atoms with E-state index in [-0.39, 0.29) is 25.4 Å². The maximum atomic E-state index is 13.4. The second-order valence-corrected chi connectivity index (χ2v) is 9.64. The molecular weight excluding hydrogens is 475 g/mol. The number of aromatic nitrogens is 1. The fourth-order valence-electron chi connectivity index (χ4n) is 3.32. The zero-order chi connectivity index (χ0) is 25.0. The molecular formula is C25H28Cl2N4O3. The van der Waals surface area contributed by atoms with Crippen molar-refractivity contribution in [3.8, 4) is 0 Å². The average molecular weight is 503 g/mol. The first-order valence-corrected chi connectivity index (χ1v) is 11.5. The molecule has 0 unspecified atom stereocenters. The normalized spacial score (nSPS) is 11.4. The third-order valence-corrected chi connectivity index (χ3v) is 5.73. The largest absolute Gasteiger partial charge is 0.443 e. The van der Waals surface area contributed by atoms with E-state index in [9.17, 15) is 9.59 Å². The van der Waals surface area contributed by atoms with Gasteiger partial charge in [0.2, 0.25) is 0 Å². The van der Waals surface area contributed by atoms with Gasteiger partial charge in [0.15, 0.2) is 5.78 Å². The number of amides is 1. The molecule has 2 aromatic carbocycles. The molecule has 0 saturated carbocycles. The van der Waals surface area contributed by atoms with Crippen LogP contribution in [0.5, 0.6) is 0 Å². The topological polar surface area (TPSA) is 97.6 Å². The third-order valence-electron chi connectivity index (χ3n) is 4.95. The van der Waals surface area contributed by atoms with Gasteiger partial charge in [-0.1, -0.05) is 41.4 Å². The number of fused-ring (bicyclic) bond motifs is 1. The first kappa shape index (κ1) is 25.7. The molecule has 0 bridgehead atoms. The molecule has 3 rings (SSSR count). The molecule has 3 aromatic rings. The molecule has 0 radical (unpaired) electrons. The maximum Gasteiger partial charge on any atom is 0.415 e. The highest BCUT2D eigenvalue weighted by atomic mass is 35.5. The summed E-state index contributed by atoms with van der Waals surface area (Å²) in [6.45, 7) is 7.26. The number of ketones is 1. The lowest BCUT2D eigenvalue weighted by molar-refractivity contribution is -0.116. The van der Waals surface area contributed by atoms with Crippen molar-refractivity contribution in [3.63, 3.8) is 0 Å². The Hall–Kier alpha value is -2.87. The van der Waals surface area contributed by atoms with E-state index in [4.69, 9.17) is 33.7 Å². The molecule has 0 aliphatic rings. The molecule has 7 nitrogen and oxygen atoms in total. The minimum absolute atomic E-state index is 0.0274. The number of aryl methyl sites for hydroxylation is 1. The molecule has 0 saturated heterocycles. The van der Waals surface area contributed by atoms with Gasteiger partial charge in [-0.05, 0) is 52.0 Å². The molecule has 0 aliphatic heterocycles. The van der Waals surface area contributed by atoms with Gasteiger partial charge in [0.1, 0.15) is 5.60 Å². The zero-order valence-corrected chi connectivity index (χ0v) is 21.1. The van der Waals surface area contributed by atoms with Gasteiger partial charge in [0.05, 0.1) is 41.5 Å². The van der Waals surface area contributed by atoms with Gasteiger partial charge in [0, 0.05) is 21.7 Å². The molecule has 1 amide bonds. The van der Waals surface area contributed by atoms with Crippen LogP contribution in [-0.4, -0.2) is 35.6 Å². The number of hydrogen-bond donors (Lipinski definition) is 2. The van der Waals surface area contributed by atoms with E-state index in [1.54, 1.807) is 32.9 Å². The Balaban J connectivity index is 2.09. The number of rotatable bonds is 7. The van der Waals surface area contributed by atoms with Crippen LogP contribution in [0.3, 0.4) is 0 Å². The van der Waals surface area contributed by atoms with Crippen molar-refractivity contribution in [2.24, 2.45) is 5.73 Å². The monoisotopic (exact) mass is 502 g/mol. The van der Waals surface area contributed by atoms with Gasteiger partial charge in [-0.15, -0.1) is 0 Å². The molecule has 0 aliphatic carbocycles. The summed E-state index contributed by atoms with van der Waals surface area (Å²) in [5, 5.41) is 4.54. The van der Waals surface area contributed by atoms with E-state index in [1.165, 1.54) is 4.90 Å². The number of carbonyl (C=O) groups is 2. The summed E-state index contributed by atoms with van der Waals surface area (Å²) in [4.78, 5) is 31.2. The molecule has 0 atom stereocenters. The van der Waals surface area contributed by atoms with Crippen LogP contribution >= 0.6 is 23.2 Å². The summed E-state index contributed by atoms with van der Waals surface area (Å²) >= 11 is 13.2. The number of para-hydroxylation sites is 1. The summed E-state index contributed by atoms with van der Waals surface area (Å²) in [5.74, 6) is -0.167. The van der Waals surface area contributed by atoms with Gasteiger partial charge in [-0.25, -0.2) is 4.79 Å². The number of anilines is 2. The number of carbonyl (C=O) groups excluding carboxylic acids is 2. The van der Waals surface area contributed by atoms with E-state index in [0.29, 0.717) is 32.5 Å². The summed E-state index contributed by atoms with van der Waals surface area (Å²) in [6.07, 6.45) is -0.563. The quantitative estimate of drug-likeness (QED) is 0.427. The van der Waals surface area contributed by atoms with Gasteiger partial charge in [0.25, 0.3) is 0 Å². The van der Waals surface area contributed by atoms with Crippen LogP contribution in [0.15, 0.2) is 42.5 Å². The predicted octanol–water partition coefficient (Wildman–Crippen LogP) is 5.73. The second-order valence-electron chi connectivity index (χ2n) is 8.85. The van der Waals surface area contributed by atoms with Crippen molar-refractivity contribution in [1.82, 2.24) is 4.98 Å². The Morgan fingerprint density at radius 1 is 1.12 bits per heavy atom. The van der Waals surface area contributed by atoms with Crippen molar-refractivity contribution in [2.45, 2.75) is 39.8 Å². The fourth-order valence-corrected chi connectivity index (χ4v) is 3.87. The molecule has 34 heavy (non-hydrogen) atoms. The van der Waals surface area contributed by atoms with Crippen molar-refractivity contribution < 1.29 is 14.3 Å². The fraction of sp³-hybridized carbons (Fsp3) is 0.320. The molecule has 1 aromatic heterocycles. The SMILES string of the molecule is Cc1ccc2cccc(N(Cc3c(Cl)ccc(NCC(=O)CN)c3Cl)C(=O)OC(C)(C)C)c2n1. The highest BCUT2D eigenvalue weighted by Gasteiger charge is 2.27. The van der Waals surface area contributed by atoms with Gasteiger partial charge < -0.3 is 15.8 Å². The van der Waals surface area contributed by atoms with E-state index < -0.39 is 11.7 Å². The van der Waals surface area contributed by atoms with Gasteiger partial charge >= 0.3 is 6.09 Å². The van der Waals surface area contributed by atoms with E-state index in [1.807, 2.05) is 37.3 Å². The maximum absolute atomic E-state index is 13.4. The lowest BCUT2D eigenvalue weighted by Gasteiger charge is -2.29. The molecule has 0 fully saturated rings. The standard InChI is InChI=1S/C25H28Cl2N4O3/c1-15-8-9-16-6-5-7-21(23(16)30-15)31(24(33)34-25(2,3)4)14-18-19(26)10-11-20(22(18)27)29-13-17(32)12-28/h5-11,29H,12-14,28H2,1-4H3. The molecule has 180 valence electrons. The first-order valence-electron chi connectivity index (χ1n) is 10.8. The highest BCUT2D eigenvalue weighted by molar-refractivity contribution is 6.37. The second kappa shape index (κ2) is 10.6. The number of ether oxygens (including phenoxy) is 1. The molecule has 3 N–H and O–H groups in total. The molecule has 1 heterocycles. The summed E-state index contributed by atoms with van der Waals surface area (Å²) in [6, 6.07) is 12.8. The van der Waals surface area contributed by atoms with Crippen molar-refractivity contribution in [1.29, 1.82) is 0 Å². The van der Waals surface area contributed by atoms with Crippen LogP contribution in [-0.2, 0) is 16.1 Å². The summed E-state index contributed by atoms with van der Waals surface area (Å²) in [7, 11) is 0. The van der Waals surface area contributed by atoms with Crippen LogP contribution < -0.4 is 16.0 Å². The van der Waals surface area contributed by atoms with Crippen molar-refractivity contribution in [2.75, 3.05) is 23.3 Å². The smallest absolute Gasteiger partial charge is 0.415 e. The number of pyridine rings is 1. The number of halogens is 2. The molecule has 0 spiro atoms. The lowest BCUT2D eigenvalue weighted by atomic mass is 10.1. The van der Waals surface area contributed by atoms with E-state index in [2.05, 4.69) is 10.3 Å². The number of nitrogens with zero attached hydrogens (tertiary/aromatic N) is 2. The summed E-state index contributed by atoms with van der Waals surface area (Å²) < 4.78 is 5.71. The first-order chi connectivity index (χ1) is 16.0. The lowest BCUT2D eigenvalue weighted by Crippen LogP contribution is -2.37. The van der Waals surface area contributed by atoms with Crippen LogP contribution in [0.25, 0.3) is 10.9 Å². The number of nitrogens with one attached hydrogen (secondary N) is 1. The van der Waals surface area contributed by atoms with E-state index in [0.717, 1.165) is 11.1 Å². The minimum Gasteiger partial charge on any atom is -0.443 e. The summed E-state index contributed by atoms with van der Waals surface area (Å²) in [5.41, 5.74) is 7.73. The Morgan fingerprint density at radius 2 is 1.85 bits per heavy atom. The Bertz CT molecular complexity index is 1220. The van der Waals surface area contributed by atoms with Crippen LogP contribution in [0.4, 0.5) is 16.2 Å². The Morgan fingerprint density at radius 3 is 2.53 bits per heavy atom. The number of benzene rings is 2. The van der Waals surface area contributed by atoms with Crippen LogP contribution in [0, 0.1) is 6.92 Å². The Kier molecular flexibility index (Phi) is 8.02. The third kappa shape index (κ3) is 6.17. The Labute approximate surface area is 209 Å².